The molecule has 0 fully saturated rings. The number of fused-ring (bicyclic) bond motifs is 1. The molecule has 2 aromatic carbocycles. The van der Waals surface area contributed by atoms with E-state index in [2.05, 4.69) is 6.07 Å². The molecule has 0 aliphatic heterocycles. The second-order valence-electron chi connectivity index (χ2n) is 7.17. The number of hydrogen-bond donors (Lipinski definition) is 0. The molecular formula is C24H21NO2S. The molecule has 0 unspecified atom stereocenters. The van der Waals surface area contributed by atoms with Crippen molar-refractivity contribution in [3.8, 4) is 16.3 Å². The highest BCUT2D eigenvalue weighted by Gasteiger charge is 2.18. The number of nitrogens with zero attached hydrogens (tertiary/aromatic N) is 1. The van der Waals surface area contributed by atoms with E-state index in [-0.39, 0.29) is 5.97 Å². The summed E-state index contributed by atoms with van der Waals surface area (Å²) < 4.78 is 5.81. The number of hydrogen-bond acceptors (Lipinski definition) is 4. The molecule has 0 aliphatic carbocycles. The molecule has 0 N–H and O–H groups in total. The first kappa shape index (κ1) is 18.4. The van der Waals surface area contributed by atoms with E-state index in [1.165, 1.54) is 0 Å². The molecule has 0 aliphatic rings. The lowest BCUT2D eigenvalue weighted by atomic mass is 10.0. The third kappa shape index (κ3) is 3.43. The van der Waals surface area contributed by atoms with Crippen LogP contribution in [0.4, 0.5) is 0 Å². The standard InChI is InChI=1S/C24H21NO2S/c1-14-7-8-16(3)21(12-14)27-24(26)19-13-20(22-6-5-9-28-22)25-23-17(4)10-15(2)11-18(19)23/h5-13H,1-4H3. The Balaban J connectivity index is 1.89. The Morgan fingerprint density at radius 3 is 2.50 bits per heavy atom. The summed E-state index contributed by atoms with van der Waals surface area (Å²) in [6, 6.07) is 15.8. The van der Waals surface area contributed by atoms with Gasteiger partial charge in [-0.2, -0.15) is 0 Å². The largest absolute Gasteiger partial charge is 0.423 e. The van der Waals surface area contributed by atoms with Gasteiger partial charge in [0.05, 0.1) is 21.7 Å². The lowest BCUT2D eigenvalue weighted by Crippen LogP contribution is -2.11. The zero-order chi connectivity index (χ0) is 19.8. The molecule has 3 nitrogen and oxygen atoms in total. The quantitative estimate of drug-likeness (QED) is 0.301. The van der Waals surface area contributed by atoms with Gasteiger partial charge in [-0.25, -0.2) is 9.78 Å². The molecule has 4 aromatic rings. The van der Waals surface area contributed by atoms with E-state index in [0.717, 1.165) is 43.7 Å². The number of rotatable bonds is 3. The minimum Gasteiger partial charge on any atom is -0.423 e. The fraction of sp³-hybridized carbons (Fsp3) is 0.167. The molecule has 0 atom stereocenters. The van der Waals surface area contributed by atoms with Gasteiger partial charge in [0.1, 0.15) is 5.75 Å². The number of benzene rings is 2. The first-order chi connectivity index (χ1) is 13.4. The zero-order valence-electron chi connectivity index (χ0n) is 16.4. The molecule has 0 saturated heterocycles. The van der Waals surface area contributed by atoms with Crippen molar-refractivity contribution in [2.75, 3.05) is 0 Å². The average molecular weight is 388 g/mol. The number of esters is 1. The van der Waals surface area contributed by atoms with Gasteiger partial charge in [-0.05, 0) is 74.0 Å². The highest BCUT2D eigenvalue weighted by atomic mass is 32.1. The van der Waals surface area contributed by atoms with Crippen LogP contribution in [0, 0.1) is 27.7 Å². The molecular weight excluding hydrogens is 366 g/mol. The summed E-state index contributed by atoms with van der Waals surface area (Å²) in [5.41, 5.74) is 6.31. The summed E-state index contributed by atoms with van der Waals surface area (Å²) in [4.78, 5) is 19.1. The number of ether oxygens (including phenoxy) is 1. The Labute approximate surface area is 168 Å². The second kappa shape index (κ2) is 7.21. The summed E-state index contributed by atoms with van der Waals surface area (Å²) in [5, 5.41) is 2.84. The van der Waals surface area contributed by atoms with Crippen molar-refractivity contribution in [3.05, 3.63) is 81.7 Å². The van der Waals surface area contributed by atoms with Crippen LogP contribution in [0.3, 0.4) is 0 Å². The van der Waals surface area contributed by atoms with Crippen molar-refractivity contribution in [2.45, 2.75) is 27.7 Å². The Kier molecular flexibility index (Phi) is 4.73. The number of aromatic nitrogens is 1. The maximum atomic E-state index is 13.2. The lowest BCUT2D eigenvalue weighted by molar-refractivity contribution is 0.0735. The van der Waals surface area contributed by atoms with Crippen molar-refractivity contribution >= 4 is 28.2 Å². The molecule has 28 heavy (non-hydrogen) atoms. The highest BCUT2D eigenvalue weighted by Crippen LogP contribution is 2.31. The molecule has 0 saturated carbocycles. The molecule has 0 amide bonds. The smallest absolute Gasteiger partial charge is 0.344 e. The van der Waals surface area contributed by atoms with Gasteiger partial charge in [0.15, 0.2) is 0 Å². The molecule has 2 aromatic heterocycles. The Hall–Kier alpha value is -2.98. The summed E-state index contributed by atoms with van der Waals surface area (Å²) in [6.07, 6.45) is 0. The molecule has 4 heteroatoms. The van der Waals surface area contributed by atoms with Crippen LogP contribution in [0.15, 0.2) is 53.9 Å². The normalized spacial score (nSPS) is 11.0. The van der Waals surface area contributed by atoms with E-state index in [4.69, 9.17) is 9.72 Å². The summed E-state index contributed by atoms with van der Waals surface area (Å²) in [6.45, 7) is 7.98. The van der Waals surface area contributed by atoms with E-state index < -0.39 is 0 Å². The van der Waals surface area contributed by atoms with Gasteiger partial charge in [-0.1, -0.05) is 29.8 Å². The van der Waals surface area contributed by atoms with E-state index in [0.29, 0.717) is 11.3 Å². The van der Waals surface area contributed by atoms with Gasteiger partial charge in [0.2, 0.25) is 0 Å². The van der Waals surface area contributed by atoms with Gasteiger partial charge >= 0.3 is 5.97 Å². The molecule has 0 spiro atoms. The van der Waals surface area contributed by atoms with Crippen LogP contribution in [0.1, 0.15) is 32.6 Å². The number of thiophene rings is 1. The van der Waals surface area contributed by atoms with Gasteiger partial charge < -0.3 is 4.74 Å². The molecule has 4 rings (SSSR count). The van der Waals surface area contributed by atoms with E-state index in [9.17, 15) is 4.79 Å². The predicted octanol–water partition coefficient (Wildman–Crippen LogP) is 6.42. The second-order valence-corrected chi connectivity index (χ2v) is 8.12. The van der Waals surface area contributed by atoms with Gasteiger partial charge in [0, 0.05) is 5.39 Å². The van der Waals surface area contributed by atoms with Gasteiger partial charge in [-0.3, -0.25) is 0 Å². The van der Waals surface area contributed by atoms with Crippen molar-refractivity contribution < 1.29 is 9.53 Å². The van der Waals surface area contributed by atoms with Gasteiger partial charge in [-0.15, -0.1) is 11.3 Å². The fourth-order valence-corrected chi connectivity index (χ4v) is 4.06. The van der Waals surface area contributed by atoms with Crippen molar-refractivity contribution in [1.82, 2.24) is 4.98 Å². The highest BCUT2D eigenvalue weighted by molar-refractivity contribution is 7.13. The first-order valence-corrected chi connectivity index (χ1v) is 10.1. The third-order valence-corrected chi connectivity index (χ3v) is 5.68. The summed E-state index contributed by atoms with van der Waals surface area (Å²) in [7, 11) is 0. The third-order valence-electron chi connectivity index (χ3n) is 4.79. The zero-order valence-corrected chi connectivity index (χ0v) is 17.2. The Bertz CT molecular complexity index is 1190. The van der Waals surface area contributed by atoms with E-state index in [1.807, 2.05) is 75.5 Å². The number of carbonyl (C=O) groups excluding carboxylic acids is 1. The first-order valence-electron chi connectivity index (χ1n) is 9.17. The predicted molar refractivity (Wildman–Crippen MR) is 115 cm³/mol. The fourth-order valence-electron chi connectivity index (χ4n) is 3.37. The topological polar surface area (TPSA) is 39.2 Å². The Morgan fingerprint density at radius 2 is 1.75 bits per heavy atom. The van der Waals surface area contributed by atoms with Crippen LogP contribution in [0.5, 0.6) is 5.75 Å². The molecule has 0 radical (unpaired) electrons. The van der Waals surface area contributed by atoms with Crippen molar-refractivity contribution in [3.63, 3.8) is 0 Å². The maximum Gasteiger partial charge on any atom is 0.344 e. The van der Waals surface area contributed by atoms with E-state index in [1.54, 1.807) is 11.3 Å². The maximum absolute atomic E-state index is 13.2. The summed E-state index contributed by atoms with van der Waals surface area (Å²) >= 11 is 1.61. The molecule has 2 heterocycles. The van der Waals surface area contributed by atoms with Crippen molar-refractivity contribution in [2.24, 2.45) is 0 Å². The van der Waals surface area contributed by atoms with Gasteiger partial charge in [0.25, 0.3) is 0 Å². The van der Waals surface area contributed by atoms with Crippen LogP contribution in [-0.4, -0.2) is 11.0 Å². The van der Waals surface area contributed by atoms with Crippen LogP contribution in [0.2, 0.25) is 0 Å². The summed E-state index contributed by atoms with van der Waals surface area (Å²) in [5.74, 6) is 0.237. The lowest BCUT2D eigenvalue weighted by Gasteiger charge is -2.13. The van der Waals surface area contributed by atoms with Crippen LogP contribution in [-0.2, 0) is 0 Å². The van der Waals surface area contributed by atoms with Crippen LogP contribution in [0.25, 0.3) is 21.5 Å². The van der Waals surface area contributed by atoms with Crippen LogP contribution < -0.4 is 4.74 Å². The Morgan fingerprint density at radius 1 is 0.929 bits per heavy atom. The minimum absolute atomic E-state index is 0.357. The molecule has 140 valence electrons. The molecule has 0 bridgehead atoms. The average Bonchev–Trinajstić information content (AvgIpc) is 3.18. The van der Waals surface area contributed by atoms with E-state index >= 15 is 0 Å². The number of pyridine rings is 1. The number of carbonyl (C=O) groups is 1. The SMILES string of the molecule is Cc1ccc(C)c(OC(=O)c2cc(-c3cccs3)nc3c(C)cc(C)cc23)c1. The monoisotopic (exact) mass is 387 g/mol. The minimum atomic E-state index is -0.357. The number of aryl methyl sites for hydroxylation is 4. The van der Waals surface area contributed by atoms with Crippen LogP contribution >= 0.6 is 11.3 Å². The van der Waals surface area contributed by atoms with Crippen molar-refractivity contribution in [1.29, 1.82) is 0 Å².